The van der Waals surface area contributed by atoms with Crippen LogP contribution in [-0.4, -0.2) is 43.4 Å². The van der Waals surface area contributed by atoms with Crippen molar-refractivity contribution < 1.29 is 14.6 Å². The Kier molecular flexibility index (Phi) is 6.40. The molecule has 140 valence electrons. The second kappa shape index (κ2) is 9.16. The predicted molar refractivity (Wildman–Crippen MR) is 108 cm³/mol. The van der Waals surface area contributed by atoms with Gasteiger partial charge in [0.2, 0.25) is 4.80 Å². The number of aromatic hydroxyl groups is 1. The molecule has 0 aliphatic heterocycles. The number of nitrogens with zero attached hydrogens (tertiary/aromatic N) is 3. The molecule has 0 radical (unpaired) electrons. The number of aromatic nitrogens is 1. The van der Waals surface area contributed by atoms with Crippen LogP contribution in [0.25, 0.3) is 11.3 Å². The van der Waals surface area contributed by atoms with Crippen molar-refractivity contribution in [2.45, 2.75) is 0 Å². The molecule has 0 amide bonds. The fourth-order valence-electron chi connectivity index (χ4n) is 2.46. The summed E-state index contributed by atoms with van der Waals surface area (Å²) in [5.41, 5.74) is 2.83. The number of methoxy groups -OCH3 is 2. The van der Waals surface area contributed by atoms with Gasteiger partial charge in [0.05, 0.1) is 32.2 Å². The third-order valence-corrected chi connectivity index (χ3v) is 4.68. The van der Waals surface area contributed by atoms with Crippen LogP contribution >= 0.6 is 11.3 Å². The summed E-state index contributed by atoms with van der Waals surface area (Å²) in [7, 11) is 3.17. The normalized spacial score (nSPS) is 12.0. The summed E-state index contributed by atoms with van der Waals surface area (Å²) in [5.74, 6) is 0.501. The first-order valence-electron chi connectivity index (χ1n) is 8.39. The van der Waals surface area contributed by atoms with Crippen LogP contribution in [0.4, 0.5) is 0 Å². The molecule has 0 saturated carbocycles. The Hall–Kier alpha value is -2.90. The van der Waals surface area contributed by atoms with Gasteiger partial charge in [-0.25, -0.2) is 4.68 Å². The first-order valence-corrected chi connectivity index (χ1v) is 9.27. The largest absolute Gasteiger partial charge is 0.504 e. The van der Waals surface area contributed by atoms with E-state index in [0.717, 1.165) is 21.6 Å². The van der Waals surface area contributed by atoms with E-state index in [9.17, 15) is 5.11 Å². The molecule has 6 nitrogen and oxygen atoms in total. The third kappa shape index (κ3) is 4.64. The van der Waals surface area contributed by atoms with Gasteiger partial charge in [0.1, 0.15) is 0 Å². The lowest BCUT2D eigenvalue weighted by molar-refractivity contribution is 0.207. The van der Waals surface area contributed by atoms with Gasteiger partial charge < -0.3 is 14.6 Å². The number of rotatable bonds is 7. The highest BCUT2D eigenvalue weighted by Crippen LogP contribution is 2.25. The Balaban J connectivity index is 2.01. The molecule has 1 heterocycles. The highest BCUT2D eigenvalue weighted by molar-refractivity contribution is 7.07. The molecular formula is C20H21N3O3S. The first kappa shape index (κ1) is 18.9. The highest BCUT2D eigenvalue weighted by Gasteiger charge is 2.07. The zero-order valence-electron chi connectivity index (χ0n) is 15.2. The van der Waals surface area contributed by atoms with Gasteiger partial charge in [-0.3, -0.25) is 4.99 Å². The zero-order valence-corrected chi connectivity index (χ0v) is 16.0. The number of phenolic OH excluding ortho intramolecular Hbond substituents is 1. The van der Waals surface area contributed by atoms with Gasteiger partial charge in [-0.1, -0.05) is 30.3 Å². The summed E-state index contributed by atoms with van der Waals surface area (Å²) in [6.45, 7) is 1.12. The molecule has 7 heteroatoms. The smallest absolute Gasteiger partial charge is 0.206 e. The average molecular weight is 383 g/mol. The molecule has 3 aromatic rings. The van der Waals surface area contributed by atoms with Crippen LogP contribution in [0.15, 0.2) is 64.0 Å². The Morgan fingerprint density at radius 1 is 1.15 bits per heavy atom. The van der Waals surface area contributed by atoms with E-state index in [-0.39, 0.29) is 5.75 Å². The molecule has 1 N–H and O–H groups in total. The fourth-order valence-corrected chi connectivity index (χ4v) is 3.32. The summed E-state index contributed by atoms with van der Waals surface area (Å²) in [5, 5.41) is 16.4. The molecule has 0 aliphatic carbocycles. The summed E-state index contributed by atoms with van der Waals surface area (Å²) in [4.78, 5) is 5.37. The zero-order chi connectivity index (χ0) is 19.1. The maximum Gasteiger partial charge on any atom is 0.206 e. The van der Waals surface area contributed by atoms with E-state index in [1.54, 1.807) is 31.5 Å². The van der Waals surface area contributed by atoms with Crippen LogP contribution < -0.4 is 9.54 Å². The van der Waals surface area contributed by atoms with Gasteiger partial charge in [0, 0.05) is 18.1 Å². The van der Waals surface area contributed by atoms with E-state index >= 15 is 0 Å². The van der Waals surface area contributed by atoms with Crippen molar-refractivity contribution in [1.29, 1.82) is 0 Å². The van der Waals surface area contributed by atoms with E-state index in [1.807, 2.05) is 40.4 Å². The number of hydrogen-bond donors (Lipinski definition) is 1. The minimum absolute atomic E-state index is 0.0954. The minimum Gasteiger partial charge on any atom is -0.504 e. The van der Waals surface area contributed by atoms with Gasteiger partial charge in [-0.15, -0.1) is 11.3 Å². The fraction of sp³-hybridized carbons (Fsp3) is 0.200. The molecule has 0 fully saturated rings. The SMILES string of the molecule is COCCN=c1scc(-c2ccccc2)n1/N=C/c1ccc(O)c(OC)c1. The standard InChI is InChI=1S/C20H21N3O3S/c1-25-11-10-21-20-23(17(14-27-20)16-6-4-3-5-7-16)22-13-15-8-9-18(24)19(12-15)26-2/h3-9,12-14,24H,10-11H2,1-2H3/b21-20?,22-13+. The Morgan fingerprint density at radius 2 is 1.96 bits per heavy atom. The van der Waals surface area contributed by atoms with E-state index in [4.69, 9.17) is 9.47 Å². The van der Waals surface area contributed by atoms with Crippen molar-refractivity contribution >= 4 is 17.6 Å². The number of ether oxygens (including phenoxy) is 2. The summed E-state index contributed by atoms with van der Waals surface area (Å²) in [6, 6.07) is 15.1. The van der Waals surface area contributed by atoms with Crippen LogP contribution in [0.3, 0.4) is 0 Å². The third-order valence-electron chi connectivity index (χ3n) is 3.82. The minimum atomic E-state index is 0.0954. The molecule has 0 bridgehead atoms. The number of phenols is 1. The lowest BCUT2D eigenvalue weighted by Gasteiger charge is -2.05. The number of thiazole rings is 1. The van der Waals surface area contributed by atoms with Crippen molar-refractivity contribution in [3.05, 3.63) is 64.3 Å². The highest BCUT2D eigenvalue weighted by atomic mass is 32.1. The van der Waals surface area contributed by atoms with Crippen LogP contribution in [0.2, 0.25) is 0 Å². The monoisotopic (exact) mass is 383 g/mol. The van der Waals surface area contributed by atoms with Crippen molar-refractivity contribution in [3.63, 3.8) is 0 Å². The number of benzene rings is 2. The molecule has 0 unspecified atom stereocenters. The topological polar surface area (TPSA) is 68.3 Å². The Labute approximate surface area is 161 Å². The first-order chi connectivity index (χ1) is 13.2. The van der Waals surface area contributed by atoms with Gasteiger partial charge in [0.15, 0.2) is 11.5 Å². The van der Waals surface area contributed by atoms with E-state index in [2.05, 4.69) is 10.1 Å². The molecule has 0 aliphatic rings. The Bertz CT molecular complexity index is 978. The van der Waals surface area contributed by atoms with Crippen molar-refractivity contribution in [2.75, 3.05) is 27.4 Å². The van der Waals surface area contributed by atoms with E-state index in [1.165, 1.54) is 18.4 Å². The summed E-state index contributed by atoms with van der Waals surface area (Å²) >= 11 is 1.53. The second-order valence-electron chi connectivity index (χ2n) is 5.63. The van der Waals surface area contributed by atoms with E-state index < -0.39 is 0 Å². The molecule has 2 aromatic carbocycles. The van der Waals surface area contributed by atoms with Crippen LogP contribution in [-0.2, 0) is 4.74 Å². The maximum absolute atomic E-state index is 9.74. The van der Waals surface area contributed by atoms with E-state index in [0.29, 0.717) is 18.9 Å². The van der Waals surface area contributed by atoms with Crippen LogP contribution in [0, 0.1) is 0 Å². The molecule has 0 spiro atoms. The van der Waals surface area contributed by atoms with Gasteiger partial charge in [-0.2, -0.15) is 5.10 Å². The predicted octanol–water partition coefficient (Wildman–Crippen LogP) is 3.36. The maximum atomic E-state index is 9.74. The van der Waals surface area contributed by atoms with Gasteiger partial charge in [0.25, 0.3) is 0 Å². The summed E-state index contributed by atoms with van der Waals surface area (Å²) in [6.07, 6.45) is 1.72. The Morgan fingerprint density at radius 3 is 2.70 bits per heavy atom. The van der Waals surface area contributed by atoms with Crippen molar-refractivity contribution in [2.24, 2.45) is 10.1 Å². The lowest BCUT2D eigenvalue weighted by Crippen LogP contribution is -2.13. The van der Waals surface area contributed by atoms with Crippen LogP contribution in [0.1, 0.15) is 5.56 Å². The quantitative estimate of drug-likeness (QED) is 0.502. The van der Waals surface area contributed by atoms with Gasteiger partial charge in [-0.05, 0) is 23.8 Å². The van der Waals surface area contributed by atoms with Crippen LogP contribution in [0.5, 0.6) is 11.5 Å². The molecule has 0 saturated heterocycles. The molecule has 0 atom stereocenters. The molecule has 3 rings (SSSR count). The van der Waals surface area contributed by atoms with Crippen molar-refractivity contribution in [1.82, 2.24) is 4.68 Å². The molecule has 27 heavy (non-hydrogen) atoms. The summed E-state index contributed by atoms with van der Waals surface area (Å²) < 4.78 is 12.1. The number of hydrogen-bond acceptors (Lipinski definition) is 6. The molecular weight excluding hydrogens is 362 g/mol. The van der Waals surface area contributed by atoms with Crippen molar-refractivity contribution in [3.8, 4) is 22.8 Å². The average Bonchev–Trinajstić information content (AvgIpc) is 3.11. The lowest BCUT2D eigenvalue weighted by atomic mass is 10.2. The second-order valence-corrected chi connectivity index (χ2v) is 6.47. The van der Waals surface area contributed by atoms with Gasteiger partial charge >= 0.3 is 0 Å². The molecule has 1 aromatic heterocycles.